The number of carbonyl (C=O) groups excluding carboxylic acids is 1. The van der Waals surface area contributed by atoms with Gasteiger partial charge in [0.2, 0.25) is 0 Å². The first-order valence-corrected chi connectivity index (χ1v) is 13.2. The summed E-state index contributed by atoms with van der Waals surface area (Å²) < 4.78 is 0. The highest BCUT2D eigenvalue weighted by Gasteiger charge is 2.32. The molecule has 1 atom stereocenters. The van der Waals surface area contributed by atoms with Gasteiger partial charge in [-0.3, -0.25) is 14.6 Å². The Morgan fingerprint density at radius 2 is 1.74 bits per heavy atom. The molecular weight excluding hydrogens is 442 g/mol. The molecule has 1 unspecified atom stereocenters. The van der Waals surface area contributed by atoms with Crippen LogP contribution >= 0.6 is 11.6 Å². The number of likely N-dealkylation sites (tertiary alicyclic amines) is 1. The molecule has 5 heteroatoms. The molecule has 2 aliphatic heterocycles. The first-order valence-electron chi connectivity index (χ1n) is 12.8. The molecule has 0 amide bonds. The first kappa shape index (κ1) is 28.4. The molecule has 1 aromatic carbocycles. The molecule has 0 N–H and O–H groups in total. The van der Waals surface area contributed by atoms with Crippen molar-refractivity contribution in [2.45, 2.75) is 72.5 Å². The van der Waals surface area contributed by atoms with Gasteiger partial charge in [-0.25, -0.2) is 0 Å². The van der Waals surface area contributed by atoms with Crippen LogP contribution in [0.4, 0.5) is 0 Å². The van der Waals surface area contributed by atoms with Gasteiger partial charge in [-0.05, 0) is 58.3 Å². The average molecular weight is 486 g/mol. The second kappa shape index (κ2) is 14.5. The molecule has 2 saturated heterocycles. The molecule has 0 bridgehead atoms. The number of nitrogens with zero attached hydrogens (tertiary/aromatic N) is 3. The van der Waals surface area contributed by atoms with Crippen molar-refractivity contribution in [2.24, 2.45) is 0 Å². The number of hydrogen-bond acceptors (Lipinski definition) is 4. The van der Waals surface area contributed by atoms with Gasteiger partial charge in [0, 0.05) is 49.5 Å². The minimum absolute atomic E-state index is 0.0187. The molecule has 1 aromatic rings. The Labute approximate surface area is 212 Å². The van der Waals surface area contributed by atoms with E-state index in [9.17, 15) is 4.79 Å². The molecule has 2 aliphatic rings. The first-order chi connectivity index (χ1) is 16.3. The van der Waals surface area contributed by atoms with E-state index in [0.29, 0.717) is 22.7 Å². The van der Waals surface area contributed by atoms with Crippen molar-refractivity contribution in [3.8, 4) is 0 Å². The fourth-order valence-electron chi connectivity index (χ4n) is 4.77. The van der Waals surface area contributed by atoms with Crippen LogP contribution in [0.5, 0.6) is 0 Å². The van der Waals surface area contributed by atoms with Crippen molar-refractivity contribution >= 4 is 17.4 Å². The third kappa shape index (κ3) is 8.41. The smallest absolute Gasteiger partial charge is 0.159 e. The average Bonchev–Trinajstić information content (AvgIpc) is 2.83. The summed E-state index contributed by atoms with van der Waals surface area (Å²) in [5.74, 6) is 0.0187. The lowest BCUT2D eigenvalue weighted by molar-refractivity contribution is -0.113. The number of Topliss-reactive ketones (excluding diaryl/α,β-unsaturated/α-hetero) is 1. The predicted octanol–water partition coefficient (Wildman–Crippen LogP) is 6.25. The van der Waals surface area contributed by atoms with E-state index < -0.39 is 0 Å². The van der Waals surface area contributed by atoms with Gasteiger partial charge in [0.05, 0.1) is 5.03 Å². The summed E-state index contributed by atoms with van der Waals surface area (Å²) in [4.78, 5) is 19.2. The Bertz CT molecular complexity index is 840. The van der Waals surface area contributed by atoms with Gasteiger partial charge in [-0.1, -0.05) is 74.9 Å². The number of hydrogen-bond donors (Lipinski definition) is 0. The van der Waals surface area contributed by atoms with Crippen molar-refractivity contribution in [1.82, 2.24) is 14.7 Å². The molecular formula is C29H44ClN3O. The zero-order valence-corrected chi connectivity index (χ0v) is 22.7. The Morgan fingerprint density at radius 1 is 1.12 bits per heavy atom. The van der Waals surface area contributed by atoms with Crippen LogP contribution in [0.1, 0.15) is 59.4 Å². The van der Waals surface area contributed by atoms with Crippen LogP contribution in [0.3, 0.4) is 0 Å². The number of piperidine rings is 1. The van der Waals surface area contributed by atoms with Crippen molar-refractivity contribution in [1.29, 1.82) is 0 Å². The summed E-state index contributed by atoms with van der Waals surface area (Å²) in [5, 5.41) is 0.554. The standard InChI is InChI=1S/C26H36ClN3O.C3H8/c1-5-24(22(4)31)17-26(27)21(3)29-15-16-30(20(2)18-29)25-11-13-28(14-12-25)19-23-9-7-6-8-10-23;1-3-2/h5-10,17,20,25H,3,11-16,18-19H2,1-2,4H3;3H2,1-2H3/b24-5+,26-17+;. The van der Waals surface area contributed by atoms with Crippen molar-refractivity contribution in [2.75, 3.05) is 32.7 Å². The summed E-state index contributed by atoms with van der Waals surface area (Å²) in [6.45, 7) is 20.4. The highest BCUT2D eigenvalue weighted by Crippen LogP contribution is 2.27. The SMILES string of the molecule is C=C(/C(Cl)=C\C(=C/C)C(C)=O)N1CCN(C2CCN(Cc3ccccc3)CC2)C(C)C1.CCC. The molecule has 0 radical (unpaired) electrons. The maximum absolute atomic E-state index is 11.7. The minimum atomic E-state index is 0.0187. The van der Waals surface area contributed by atoms with E-state index in [1.54, 1.807) is 19.1 Å². The van der Waals surface area contributed by atoms with Crippen molar-refractivity contribution in [3.05, 3.63) is 70.9 Å². The minimum Gasteiger partial charge on any atom is -0.368 e. The van der Waals surface area contributed by atoms with E-state index in [-0.39, 0.29) is 5.78 Å². The largest absolute Gasteiger partial charge is 0.368 e. The van der Waals surface area contributed by atoms with Crippen LogP contribution in [-0.2, 0) is 11.3 Å². The topological polar surface area (TPSA) is 26.8 Å². The van der Waals surface area contributed by atoms with E-state index in [4.69, 9.17) is 11.6 Å². The predicted molar refractivity (Wildman–Crippen MR) is 146 cm³/mol. The fraction of sp³-hybridized carbons (Fsp3) is 0.552. The molecule has 0 aliphatic carbocycles. The van der Waals surface area contributed by atoms with Crippen LogP contribution in [0.25, 0.3) is 0 Å². The monoisotopic (exact) mass is 485 g/mol. The van der Waals surface area contributed by atoms with Crippen LogP contribution in [0.15, 0.2) is 65.4 Å². The zero-order valence-electron chi connectivity index (χ0n) is 21.9. The summed E-state index contributed by atoms with van der Waals surface area (Å²) in [7, 11) is 0. The van der Waals surface area contributed by atoms with Gasteiger partial charge in [0.1, 0.15) is 0 Å². The lowest BCUT2D eigenvalue weighted by Crippen LogP contribution is -2.57. The molecule has 0 aromatic heterocycles. The van der Waals surface area contributed by atoms with Crippen LogP contribution < -0.4 is 0 Å². The summed E-state index contributed by atoms with van der Waals surface area (Å²) in [6, 6.07) is 11.9. The molecule has 0 saturated carbocycles. The quantitative estimate of drug-likeness (QED) is 0.337. The number of benzene rings is 1. The summed E-state index contributed by atoms with van der Waals surface area (Å²) >= 11 is 6.51. The van der Waals surface area contributed by atoms with E-state index in [1.165, 1.54) is 24.8 Å². The summed E-state index contributed by atoms with van der Waals surface area (Å²) in [6.07, 6.45) is 7.23. The number of halogens is 1. The van der Waals surface area contributed by atoms with E-state index in [0.717, 1.165) is 45.0 Å². The Kier molecular flexibility index (Phi) is 12.1. The Hall–Kier alpha value is -1.88. The van der Waals surface area contributed by atoms with Gasteiger partial charge in [0.25, 0.3) is 0 Å². The molecule has 34 heavy (non-hydrogen) atoms. The van der Waals surface area contributed by atoms with E-state index in [1.807, 2.05) is 6.92 Å². The van der Waals surface area contributed by atoms with Crippen molar-refractivity contribution in [3.63, 3.8) is 0 Å². The van der Waals surface area contributed by atoms with E-state index >= 15 is 0 Å². The maximum Gasteiger partial charge on any atom is 0.159 e. The lowest BCUT2D eigenvalue weighted by Gasteiger charge is -2.47. The Morgan fingerprint density at radius 3 is 2.26 bits per heavy atom. The second-order valence-corrected chi connectivity index (χ2v) is 9.88. The molecule has 3 rings (SSSR count). The highest BCUT2D eigenvalue weighted by atomic mass is 35.5. The summed E-state index contributed by atoms with van der Waals surface area (Å²) in [5.41, 5.74) is 2.84. The zero-order chi connectivity index (χ0) is 25.1. The van der Waals surface area contributed by atoms with E-state index in [2.05, 4.69) is 72.4 Å². The Balaban J connectivity index is 0.00000129. The fourth-order valence-corrected chi connectivity index (χ4v) is 5.01. The number of allylic oxidation sites excluding steroid dienone is 4. The highest BCUT2D eigenvalue weighted by molar-refractivity contribution is 6.32. The third-order valence-electron chi connectivity index (χ3n) is 6.61. The van der Waals surface area contributed by atoms with Gasteiger partial charge >= 0.3 is 0 Å². The second-order valence-electron chi connectivity index (χ2n) is 9.47. The van der Waals surface area contributed by atoms with Gasteiger partial charge < -0.3 is 4.90 Å². The molecule has 188 valence electrons. The molecule has 2 fully saturated rings. The number of piperazine rings is 1. The number of rotatable bonds is 7. The number of ketones is 1. The lowest BCUT2D eigenvalue weighted by atomic mass is 9.99. The van der Waals surface area contributed by atoms with Crippen LogP contribution in [0.2, 0.25) is 0 Å². The van der Waals surface area contributed by atoms with Gasteiger partial charge in [-0.15, -0.1) is 0 Å². The third-order valence-corrected chi connectivity index (χ3v) is 6.94. The van der Waals surface area contributed by atoms with Crippen LogP contribution in [-0.4, -0.2) is 65.3 Å². The maximum atomic E-state index is 11.7. The molecule has 2 heterocycles. The van der Waals surface area contributed by atoms with Gasteiger partial charge in [-0.2, -0.15) is 0 Å². The van der Waals surface area contributed by atoms with Crippen LogP contribution in [0, 0.1) is 0 Å². The van der Waals surface area contributed by atoms with Crippen molar-refractivity contribution < 1.29 is 4.79 Å². The number of carbonyl (C=O) groups is 1. The normalized spacial score (nSPS) is 21.1. The van der Waals surface area contributed by atoms with Gasteiger partial charge in [0.15, 0.2) is 5.78 Å². The molecule has 4 nitrogen and oxygen atoms in total. The molecule has 0 spiro atoms.